The smallest absolute Gasteiger partial charge is 0.407 e. The summed E-state index contributed by atoms with van der Waals surface area (Å²) in [6, 6.07) is 10.5. The monoisotopic (exact) mass is 511 g/mol. The molecule has 0 spiro atoms. The molecule has 0 aliphatic carbocycles. The Morgan fingerprint density at radius 1 is 1.14 bits per heavy atom. The van der Waals surface area contributed by atoms with Crippen LogP contribution in [0, 0.1) is 0 Å². The Hall–Kier alpha value is -3.66. The Bertz CT molecular complexity index is 1340. The Morgan fingerprint density at radius 2 is 1.83 bits per heavy atom. The number of pyridine rings is 1. The summed E-state index contributed by atoms with van der Waals surface area (Å²) in [7, 11) is 0. The maximum Gasteiger partial charge on any atom is 0.407 e. The average molecular weight is 512 g/mol. The summed E-state index contributed by atoms with van der Waals surface area (Å²) in [6.07, 6.45) is 0.609. The van der Waals surface area contributed by atoms with Crippen LogP contribution in [0.15, 0.2) is 41.2 Å². The fourth-order valence-electron chi connectivity index (χ4n) is 4.45. The highest BCUT2D eigenvalue weighted by Gasteiger charge is 2.28. The molecule has 0 bridgehead atoms. The van der Waals surface area contributed by atoms with Crippen LogP contribution in [-0.2, 0) is 13.0 Å². The van der Waals surface area contributed by atoms with Gasteiger partial charge in [0.25, 0.3) is 11.5 Å². The highest BCUT2D eigenvalue weighted by atomic mass is 32.1. The number of aromatic nitrogens is 1. The number of piperidine rings is 1. The van der Waals surface area contributed by atoms with Crippen molar-refractivity contribution in [1.29, 1.82) is 0 Å². The molecule has 0 unspecified atom stereocenters. The number of nitrogens with zero attached hydrogens (tertiary/aromatic N) is 2. The summed E-state index contributed by atoms with van der Waals surface area (Å²) in [6.45, 7) is 4.56. The van der Waals surface area contributed by atoms with Crippen molar-refractivity contribution in [1.82, 2.24) is 14.8 Å². The third-order valence-electron chi connectivity index (χ3n) is 6.35. The van der Waals surface area contributed by atoms with Gasteiger partial charge >= 0.3 is 6.09 Å². The molecule has 2 amide bonds. The molecular formula is C26H29N3O6S. The van der Waals surface area contributed by atoms with Gasteiger partial charge < -0.3 is 24.6 Å². The van der Waals surface area contributed by atoms with E-state index < -0.39 is 6.09 Å². The number of ketones is 1. The second kappa shape index (κ2) is 10.9. The number of carboxylic acid groups (broad SMARTS) is 1. The number of fused-ring (bicyclic) bond motifs is 1. The van der Waals surface area contributed by atoms with Crippen molar-refractivity contribution in [2.24, 2.45) is 0 Å². The second-order valence-corrected chi connectivity index (χ2v) is 9.67. The van der Waals surface area contributed by atoms with E-state index in [-0.39, 0.29) is 42.2 Å². The van der Waals surface area contributed by atoms with E-state index in [0.29, 0.717) is 58.6 Å². The molecule has 9 nitrogen and oxygen atoms in total. The van der Waals surface area contributed by atoms with E-state index in [1.807, 2.05) is 19.1 Å². The first-order chi connectivity index (χ1) is 17.3. The summed E-state index contributed by atoms with van der Waals surface area (Å²) >= 11 is 1.19. The molecule has 190 valence electrons. The summed E-state index contributed by atoms with van der Waals surface area (Å²) in [4.78, 5) is 52.6. The van der Waals surface area contributed by atoms with Crippen LogP contribution in [0.25, 0.3) is 10.1 Å². The Labute approximate surface area is 212 Å². The van der Waals surface area contributed by atoms with Gasteiger partial charge in [-0.1, -0.05) is 37.3 Å². The van der Waals surface area contributed by atoms with Gasteiger partial charge in [-0.3, -0.25) is 14.4 Å². The van der Waals surface area contributed by atoms with E-state index in [1.165, 1.54) is 20.8 Å². The number of hydrogen-bond donors (Lipinski definition) is 2. The Morgan fingerprint density at radius 3 is 2.44 bits per heavy atom. The van der Waals surface area contributed by atoms with Crippen LogP contribution in [0.2, 0.25) is 0 Å². The van der Waals surface area contributed by atoms with E-state index in [4.69, 9.17) is 9.84 Å². The number of hydrogen-bond acceptors (Lipinski definition) is 6. The van der Waals surface area contributed by atoms with Gasteiger partial charge in [-0.2, -0.15) is 0 Å². The topological polar surface area (TPSA) is 118 Å². The number of Topliss-reactive ketones (excluding diaryl/α,β-unsaturated/α-hetero) is 1. The van der Waals surface area contributed by atoms with Crippen molar-refractivity contribution in [3.05, 3.63) is 62.9 Å². The maximum atomic E-state index is 13.6. The largest absolute Gasteiger partial charge is 0.491 e. The fourth-order valence-corrected chi connectivity index (χ4v) is 5.56. The molecule has 0 atom stereocenters. The molecule has 1 aliphatic heterocycles. The lowest BCUT2D eigenvalue weighted by Crippen LogP contribution is -2.46. The van der Waals surface area contributed by atoms with Crippen LogP contribution in [0.1, 0.15) is 52.4 Å². The van der Waals surface area contributed by atoms with Crippen LogP contribution in [0.5, 0.6) is 5.75 Å². The van der Waals surface area contributed by atoms with Gasteiger partial charge in [0, 0.05) is 35.1 Å². The molecule has 1 fully saturated rings. The van der Waals surface area contributed by atoms with E-state index in [1.54, 1.807) is 31.2 Å². The number of carbonyl (C=O) groups is 3. The number of aryl methyl sites for hydroxylation is 1. The maximum absolute atomic E-state index is 13.6. The van der Waals surface area contributed by atoms with E-state index in [9.17, 15) is 19.2 Å². The SMILES string of the molecule is CCOc1c(C(=O)NC2CCN(C(=O)O)CC2)sc2cc(CC)n(CC(=O)c3ccccc3)c(=O)c12. The van der Waals surface area contributed by atoms with E-state index >= 15 is 0 Å². The molecule has 1 saturated heterocycles. The van der Waals surface area contributed by atoms with Crippen molar-refractivity contribution in [3.63, 3.8) is 0 Å². The van der Waals surface area contributed by atoms with E-state index in [2.05, 4.69) is 5.32 Å². The molecule has 1 aliphatic rings. The lowest BCUT2D eigenvalue weighted by molar-refractivity contribution is 0.0906. The second-order valence-electron chi connectivity index (χ2n) is 8.62. The zero-order valence-corrected chi connectivity index (χ0v) is 21.1. The zero-order valence-electron chi connectivity index (χ0n) is 20.3. The van der Waals surface area contributed by atoms with Crippen LogP contribution < -0.4 is 15.6 Å². The lowest BCUT2D eigenvalue weighted by Gasteiger charge is -2.30. The Kier molecular flexibility index (Phi) is 7.73. The number of thiophene rings is 1. The van der Waals surface area contributed by atoms with Crippen molar-refractivity contribution < 1.29 is 24.2 Å². The van der Waals surface area contributed by atoms with Gasteiger partial charge in [-0.25, -0.2) is 4.79 Å². The summed E-state index contributed by atoms with van der Waals surface area (Å²) < 4.78 is 7.92. The van der Waals surface area contributed by atoms with Gasteiger partial charge in [0.2, 0.25) is 0 Å². The highest BCUT2D eigenvalue weighted by molar-refractivity contribution is 7.21. The molecule has 4 rings (SSSR count). The molecule has 2 aromatic heterocycles. The molecule has 2 N–H and O–H groups in total. The summed E-state index contributed by atoms with van der Waals surface area (Å²) in [5, 5.41) is 12.4. The molecule has 3 heterocycles. The number of rotatable bonds is 8. The highest BCUT2D eigenvalue weighted by Crippen LogP contribution is 2.37. The molecule has 10 heteroatoms. The first-order valence-corrected chi connectivity index (χ1v) is 12.8. The first kappa shape index (κ1) is 25.4. The molecule has 3 aromatic rings. The third kappa shape index (κ3) is 5.13. The van der Waals surface area contributed by atoms with E-state index in [0.717, 1.165) is 0 Å². The van der Waals surface area contributed by atoms with Crippen molar-refractivity contribution in [2.45, 2.75) is 45.7 Å². The van der Waals surface area contributed by atoms with Crippen molar-refractivity contribution in [3.8, 4) is 5.75 Å². The third-order valence-corrected chi connectivity index (χ3v) is 7.47. The fraction of sp³-hybridized carbons (Fsp3) is 0.385. The molecule has 0 radical (unpaired) electrons. The summed E-state index contributed by atoms with van der Waals surface area (Å²) in [5.74, 6) is -0.296. The quantitative estimate of drug-likeness (QED) is 0.445. The number of likely N-dealkylation sites (tertiary alicyclic amines) is 1. The van der Waals surface area contributed by atoms with Gasteiger partial charge in [-0.15, -0.1) is 11.3 Å². The number of carbonyl (C=O) groups excluding carboxylic acids is 2. The van der Waals surface area contributed by atoms with Gasteiger partial charge in [0.05, 0.1) is 13.2 Å². The number of ether oxygens (including phenoxy) is 1. The van der Waals surface area contributed by atoms with Gasteiger partial charge in [-0.05, 0) is 32.3 Å². The minimum atomic E-state index is -0.961. The normalized spacial score (nSPS) is 14.1. The number of amides is 2. The zero-order chi connectivity index (χ0) is 25.8. The molecular weight excluding hydrogens is 482 g/mol. The predicted octanol–water partition coefficient (Wildman–Crippen LogP) is 3.78. The van der Waals surface area contributed by atoms with Crippen LogP contribution in [0.4, 0.5) is 4.79 Å². The predicted molar refractivity (Wildman–Crippen MR) is 137 cm³/mol. The number of benzene rings is 1. The van der Waals surface area contributed by atoms with Gasteiger partial charge in [0.1, 0.15) is 10.3 Å². The van der Waals surface area contributed by atoms with Gasteiger partial charge in [0.15, 0.2) is 11.5 Å². The van der Waals surface area contributed by atoms with Crippen molar-refractivity contribution >= 4 is 39.2 Å². The Balaban J connectivity index is 1.67. The first-order valence-electron chi connectivity index (χ1n) is 12.0. The minimum absolute atomic E-state index is 0.104. The number of nitrogens with one attached hydrogen (secondary N) is 1. The summed E-state index contributed by atoms with van der Waals surface area (Å²) in [5.41, 5.74) is 0.868. The minimum Gasteiger partial charge on any atom is -0.491 e. The molecule has 36 heavy (non-hydrogen) atoms. The van der Waals surface area contributed by atoms with Crippen LogP contribution in [-0.4, -0.2) is 58.1 Å². The van der Waals surface area contributed by atoms with Crippen LogP contribution in [0.3, 0.4) is 0 Å². The van der Waals surface area contributed by atoms with Crippen molar-refractivity contribution in [2.75, 3.05) is 19.7 Å². The molecule has 1 aromatic carbocycles. The average Bonchev–Trinajstić information content (AvgIpc) is 3.25. The lowest BCUT2D eigenvalue weighted by atomic mass is 10.1. The molecule has 0 saturated carbocycles. The standard InChI is InChI=1S/C26H29N3O6S/c1-3-18-14-20-21(25(32)29(18)15-19(30)16-8-6-5-7-9-16)22(35-4-2)23(36-20)24(31)27-17-10-12-28(13-11-17)26(33)34/h5-9,14,17H,3-4,10-13,15H2,1-2H3,(H,27,31)(H,33,34). The van der Waals surface area contributed by atoms with Crippen LogP contribution >= 0.6 is 11.3 Å².